The molecule has 0 unspecified atom stereocenters. The summed E-state index contributed by atoms with van der Waals surface area (Å²) in [6.07, 6.45) is 8.90. The molecule has 1 aromatic heterocycles. The van der Waals surface area contributed by atoms with Gasteiger partial charge >= 0.3 is 0 Å². The second kappa shape index (κ2) is 12.0. The van der Waals surface area contributed by atoms with Gasteiger partial charge in [-0.3, -0.25) is 0 Å². The van der Waals surface area contributed by atoms with E-state index in [2.05, 4.69) is 20.3 Å². The van der Waals surface area contributed by atoms with E-state index in [0.717, 1.165) is 80.6 Å². The van der Waals surface area contributed by atoms with Crippen LogP contribution in [0.3, 0.4) is 0 Å². The maximum Gasteiger partial charge on any atom is 0.250 e. The van der Waals surface area contributed by atoms with Crippen molar-refractivity contribution in [2.75, 3.05) is 41.4 Å². The summed E-state index contributed by atoms with van der Waals surface area (Å²) < 4.78 is 6.05. The molecule has 3 heterocycles. The van der Waals surface area contributed by atoms with E-state index in [4.69, 9.17) is 31.3 Å². The molecule has 0 amide bonds. The molecule has 3 aromatic rings. The van der Waals surface area contributed by atoms with Crippen molar-refractivity contribution in [1.29, 1.82) is 0 Å². The van der Waals surface area contributed by atoms with E-state index in [1.807, 2.05) is 48.5 Å². The maximum absolute atomic E-state index is 6.28. The van der Waals surface area contributed by atoms with Crippen LogP contribution in [0.1, 0.15) is 49.7 Å². The molecule has 2 aliphatic rings. The van der Waals surface area contributed by atoms with Crippen molar-refractivity contribution in [1.82, 2.24) is 15.0 Å². The smallest absolute Gasteiger partial charge is 0.250 e. The summed E-state index contributed by atoms with van der Waals surface area (Å²) in [5.41, 5.74) is 4.82. The minimum absolute atomic E-state index is 0.379. The van der Waals surface area contributed by atoms with Crippen molar-refractivity contribution in [2.45, 2.75) is 45.1 Å². The van der Waals surface area contributed by atoms with Crippen LogP contribution < -0.4 is 20.0 Å². The van der Waals surface area contributed by atoms with E-state index in [1.54, 1.807) is 6.21 Å². The van der Waals surface area contributed by atoms with Crippen molar-refractivity contribution >= 4 is 35.7 Å². The van der Waals surface area contributed by atoms with Gasteiger partial charge in [-0.05, 0) is 56.7 Å². The number of hydrazone groups is 1. The zero-order valence-electron chi connectivity index (χ0n) is 20.4. The number of piperidine rings is 2. The second-order valence-electron chi connectivity index (χ2n) is 9.14. The summed E-state index contributed by atoms with van der Waals surface area (Å²) >= 11 is 6.28. The highest BCUT2D eigenvalue weighted by Crippen LogP contribution is 2.23. The normalized spacial score (nSPS) is 16.4. The Labute approximate surface area is 217 Å². The zero-order chi connectivity index (χ0) is 24.6. The lowest BCUT2D eigenvalue weighted by atomic mass is 10.1. The lowest BCUT2D eigenvalue weighted by Gasteiger charge is -2.30. The number of anilines is 3. The lowest BCUT2D eigenvalue weighted by molar-refractivity contribution is 0.306. The fraction of sp³-hybridized carbons (Fsp3) is 0.407. The third-order valence-corrected chi connectivity index (χ3v) is 6.89. The minimum atomic E-state index is 0.379. The van der Waals surface area contributed by atoms with Gasteiger partial charge < -0.3 is 14.5 Å². The van der Waals surface area contributed by atoms with Gasteiger partial charge in [-0.25, -0.2) is 5.43 Å². The highest BCUT2D eigenvalue weighted by atomic mass is 35.5. The SMILES string of the molecule is Clc1ccccc1COc1ccccc1/C=N\Nc1nc(N2CCCCC2)nc(N2CCCCC2)n1. The average molecular weight is 506 g/mol. The predicted octanol–water partition coefficient (Wildman–Crippen LogP) is 5.53. The van der Waals surface area contributed by atoms with Gasteiger partial charge in [-0.2, -0.15) is 20.1 Å². The van der Waals surface area contributed by atoms with Crippen molar-refractivity contribution in [3.05, 3.63) is 64.7 Å². The number of aromatic nitrogens is 3. The molecule has 2 aliphatic heterocycles. The van der Waals surface area contributed by atoms with Crippen LogP contribution in [0.4, 0.5) is 17.8 Å². The Kier molecular flexibility index (Phi) is 8.13. The van der Waals surface area contributed by atoms with Crippen LogP contribution in [0.15, 0.2) is 53.6 Å². The number of benzene rings is 2. The Bertz CT molecular complexity index is 1140. The molecule has 8 nitrogen and oxygen atoms in total. The van der Waals surface area contributed by atoms with Crippen LogP contribution in [-0.4, -0.2) is 47.3 Å². The number of ether oxygens (including phenoxy) is 1. The molecular formula is C27H32ClN7O. The monoisotopic (exact) mass is 505 g/mol. The van der Waals surface area contributed by atoms with Crippen molar-refractivity contribution in [3.63, 3.8) is 0 Å². The number of nitrogens with one attached hydrogen (secondary N) is 1. The van der Waals surface area contributed by atoms with E-state index >= 15 is 0 Å². The van der Waals surface area contributed by atoms with Crippen LogP contribution >= 0.6 is 11.6 Å². The molecule has 0 bridgehead atoms. The second-order valence-corrected chi connectivity index (χ2v) is 9.55. The molecule has 0 radical (unpaired) electrons. The summed E-state index contributed by atoms with van der Waals surface area (Å²) in [4.78, 5) is 18.7. The summed E-state index contributed by atoms with van der Waals surface area (Å²) in [5.74, 6) is 2.64. The number of para-hydroxylation sites is 1. The van der Waals surface area contributed by atoms with E-state index in [1.165, 1.54) is 12.8 Å². The van der Waals surface area contributed by atoms with Crippen LogP contribution in [0.2, 0.25) is 5.02 Å². The fourth-order valence-corrected chi connectivity index (χ4v) is 4.71. The molecule has 0 spiro atoms. The van der Waals surface area contributed by atoms with Gasteiger partial charge in [-0.1, -0.05) is 41.9 Å². The van der Waals surface area contributed by atoms with Gasteiger partial charge in [0.2, 0.25) is 17.8 Å². The molecule has 9 heteroatoms. The molecule has 2 aromatic carbocycles. The van der Waals surface area contributed by atoms with E-state index in [0.29, 0.717) is 17.6 Å². The van der Waals surface area contributed by atoms with Crippen molar-refractivity contribution < 1.29 is 4.74 Å². The maximum atomic E-state index is 6.28. The molecule has 0 aliphatic carbocycles. The number of hydrogen-bond donors (Lipinski definition) is 1. The average Bonchev–Trinajstić information content (AvgIpc) is 2.94. The molecule has 0 atom stereocenters. The topological polar surface area (TPSA) is 78.8 Å². The summed E-state index contributed by atoms with van der Waals surface area (Å²) in [6.45, 7) is 4.28. The highest BCUT2D eigenvalue weighted by molar-refractivity contribution is 6.31. The first-order valence-corrected chi connectivity index (χ1v) is 13.1. The Hall–Kier alpha value is -3.39. The zero-order valence-corrected chi connectivity index (χ0v) is 21.2. The molecule has 188 valence electrons. The first-order chi connectivity index (χ1) is 17.8. The molecule has 2 saturated heterocycles. The number of rotatable bonds is 8. The summed E-state index contributed by atoms with van der Waals surface area (Å²) in [5, 5.41) is 5.14. The Balaban J connectivity index is 1.32. The van der Waals surface area contributed by atoms with Crippen molar-refractivity contribution in [2.24, 2.45) is 5.10 Å². The third-order valence-electron chi connectivity index (χ3n) is 6.52. The minimum Gasteiger partial charge on any atom is -0.488 e. The third kappa shape index (κ3) is 6.23. The Morgan fingerprint density at radius 3 is 2.08 bits per heavy atom. The largest absolute Gasteiger partial charge is 0.488 e. The van der Waals surface area contributed by atoms with Crippen LogP contribution in [0.5, 0.6) is 5.75 Å². The first-order valence-electron chi connectivity index (χ1n) is 12.8. The van der Waals surface area contributed by atoms with Gasteiger partial charge in [0.15, 0.2) is 0 Å². The molecule has 5 rings (SSSR count). The standard InChI is InChI=1S/C27H32ClN7O/c28-23-13-5-3-12-22(23)20-36-24-14-6-4-11-21(24)19-29-33-25-30-26(34-15-7-1-8-16-34)32-27(31-25)35-17-9-2-10-18-35/h3-6,11-14,19H,1-2,7-10,15-18,20H2,(H,30,31,32,33)/b29-19-. The predicted molar refractivity (Wildman–Crippen MR) is 145 cm³/mol. The molecule has 36 heavy (non-hydrogen) atoms. The van der Waals surface area contributed by atoms with Gasteiger partial charge in [0, 0.05) is 42.3 Å². The Morgan fingerprint density at radius 1 is 0.806 bits per heavy atom. The van der Waals surface area contributed by atoms with Gasteiger partial charge in [0.1, 0.15) is 12.4 Å². The molecule has 0 saturated carbocycles. The van der Waals surface area contributed by atoms with Crippen LogP contribution in [0.25, 0.3) is 0 Å². The summed E-state index contributed by atoms with van der Waals surface area (Å²) in [6, 6.07) is 15.5. The first kappa shape index (κ1) is 24.3. The van der Waals surface area contributed by atoms with Crippen molar-refractivity contribution in [3.8, 4) is 5.75 Å². The number of halogens is 1. The number of nitrogens with zero attached hydrogens (tertiary/aromatic N) is 6. The quantitative estimate of drug-likeness (QED) is 0.318. The van der Waals surface area contributed by atoms with E-state index in [9.17, 15) is 0 Å². The van der Waals surface area contributed by atoms with E-state index in [-0.39, 0.29) is 0 Å². The molecule has 1 N–H and O–H groups in total. The van der Waals surface area contributed by atoms with Gasteiger partial charge in [0.05, 0.1) is 6.21 Å². The Morgan fingerprint density at radius 2 is 1.42 bits per heavy atom. The van der Waals surface area contributed by atoms with Gasteiger partial charge in [-0.15, -0.1) is 0 Å². The van der Waals surface area contributed by atoms with Crippen LogP contribution in [-0.2, 0) is 6.61 Å². The molecular weight excluding hydrogens is 474 g/mol. The number of hydrogen-bond acceptors (Lipinski definition) is 8. The highest BCUT2D eigenvalue weighted by Gasteiger charge is 2.20. The fourth-order valence-electron chi connectivity index (χ4n) is 4.52. The van der Waals surface area contributed by atoms with Crippen LogP contribution in [0, 0.1) is 0 Å². The lowest BCUT2D eigenvalue weighted by Crippen LogP contribution is -2.34. The summed E-state index contributed by atoms with van der Waals surface area (Å²) in [7, 11) is 0. The molecule has 2 fully saturated rings. The van der Waals surface area contributed by atoms with Gasteiger partial charge in [0.25, 0.3) is 0 Å². The van der Waals surface area contributed by atoms with E-state index < -0.39 is 0 Å².